The zero-order valence-corrected chi connectivity index (χ0v) is 30.4. The van der Waals surface area contributed by atoms with Crippen molar-refractivity contribution in [2.24, 2.45) is 0 Å². The van der Waals surface area contributed by atoms with Crippen LogP contribution >= 0.6 is 23.2 Å². The van der Waals surface area contributed by atoms with E-state index in [2.05, 4.69) is 21.5 Å². The summed E-state index contributed by atoms with van der Waals surface area (Å²) in [6, 6.07) is 15.7. The van der Waals surface area contributed by atoms with Crippen LogP contribution in [0.3, 0.4) is 0 Å². The number of halogens is 3. The van der Waals surface area contributed by atoms with Gasteiger partial charge in [-0.1, -0.05) is 86.3 Å². The number of benzene rings is 3. The summed E-state index contributed by atoms with van der Waals surface area (Å²) in [4.78, 5) is 44.4. The maximum Gasteiger partial charge on any atom is 0.337 e. The van der Waals surface area contributed by atoms with E-state index in [1.165, 1.54) is 13.2 Å². The van der Waals surface area contributed by atoms with Gasteiger partial charge in [0.15, 0.2) is 0 Å². The van der Waals surface area contributed by atoms with Crippen LogP contribution in [0.25, 0.3) is 0 Å². The number of hydrogen-bond donors (Lipinski definition) is 2. The fourth-order valence-electron chi connectivity index (χ4n) is 9.14. The van der Waals surface area contributed by atoms with E-state index in [1.807, 2.05) is 6.07 Å². The first-order valence-electron chi connectivity index (χ1n) is 17.9. The molecule has 1 saturated carbocycles. The lowest BCUT2D eigenvalue weighted by atomic mass is 9.55. The Morgan fingerprint density at radius 1 is 1.00 bits per heavy atom. The molecule has 10 heteroatoms. The molecular weight excluding hydrogens is 688 g/mol. The number of likely N-dealkylation sites (tertiary alicyclic amines) is 1. The zero-order chi connectivity index (χ0) is 36.2. The first kappa shape index (κ1) is 36.9. The number of rotatable bonds is 12. The standard InChI is InChI=1S/C41H44Cl2FN3O4/c1-3-4-5-6-7-8-9-13-25-47-36(37(48)45-29-20-17-27(18-21-29)38(49)51-2)34(30-15-14-16-32(43)35(30)44)41(40(47)23-11-10-12-24-40)31-22-19-28(42)26-33(31)46-39(41)50/h1,14-22,26,34,36H,4-13,23-25H2,2H3,(H,45,48)(H,46,50)/t34?,36-,41-/m1/s1. The molecule has 6 rings (SSSR count). The van der Waals surface area contributed by atoms with Gasteiger partial charge in [-0.25, -0.2) is 9.18 Å². The second-order valence-corrected chi connectivity index (χ2v) is 14.8. The Bertz CT molecular complexity index is 1820. The summed E-state index contributed by atoms with van der Waals surface area (Å²) in [5.41, 5.74) is 0.196. The van der Waals surface area contributed by atoms with Gasteiger partial charge in [-0.2, -0.15) is 0 Å². The minimum absolute atomic E-state index is 0.0732. The Labute approximate surface area is 309 Å². The maximum absolute atomic E-state index is 16.5. The lowest BCUT2D eigenvalue weighted by molar-refractivity contribution is -0.127. The van der Waals surface area contributed by atoms with Crippen molar-refractivity contribution < 1.29 is 23.5 Å². The van der Waals surface area contributed by atoms with E-state index in [1.54, 1.807) is 48.5 Å². The number of ether oxygens (including phenoxy) is 1. The molecule has 0 bridgehead atoms. The smallest absolute Gasteiger partial charge is 0.337 e. The summed E-state index contributed by atoms with van der Waals surface area (Å²) >= 11 is 13.0. The molecule has 1 unspecified atom stereocenters. The van der Waals surface area contributed by atoms with Gasteiger partial charge in [0.05, 0.1) is 23.7 Å². The first-order valence-corrected chi connectivity index (χ1v) is 18.7. The Morgan fingerprint density at radius 2 is 1.71 bits per heavy atom. The van der Waals surface area contributed by atoms with Crippen molar-refractivity contribution >= 4 is 52.4 Å². The van der Waals surface area contributed by atoms with E-state index in [9.17, 15) is 14.4 Å². The fraction of sp³-hybridized carbons (Fsp3) is 0.439. The molecule has 0 aromatic heterocycles. The van der Waals surface area contributed by atoms with Gasteiger partial charge in [-0.15, -0.1) is 12.3 Å². The molecule has 3 aliphatic rings. The van der Waals surface area contributed by atoms with Gasteiger partial charge in [0, 0.05) is 34.3 Å². The largest absolute Gasteiger partial charge is 0.465 e. The highest BCUT2D eigenvalue weighted by molar-refractivity contribution is 6.31. The highest BCUT2D eigenvalue weighted by Gasteiger charge is 2.75. The fourth-order valence-corrected chi connectivity index (χ4v) is 9.50. The van der Waals surface area contributed by atoms with Gasteiger partial charge < -0.3 is 15.4 Å². The van der Waals surface area contributed by atoms with Gasteiger partial charge in [0.2, 0.25) is 11.8 Å². The third-order valence-electron chi connectivity index (χ3n) is 11.2. The van der Waals surface area contributed by atoms with Crippen LogP contribution in [0, 0.1) is 18.2 Å². The van der Waals surface area contributed by atoms with Crippen LogP contribution < -0.4 is 10.6 Å². The van der Waals surface area contributed by atoms with Crippen molar-refractivity contribution in [3.63, 3.8) is 0 Å². The van der Waals surface area contributed by atoms with Crippen molar-refractivity contribution in [2.75, 3.05) is 24.3 Å². The summed E-state index contributed by atoms with van der Waals surface area (Å²) in [5, 5.41) is 6.61. The van der Waals surface area contributed by atoms with E-state index in [0.29, 0.717) is 41.3 Å². The number of carbonyl (C=O) groups excluding carboxylic acids is 3. The first-order chi connectivity index (χ1) is 24.7. The van der Waals surface area contributed by atoms with Gasteiger partial charge >= 0.3 is 5.97 Å². The van der Waals surface area contributed by atoms with E-state index in [-0.39, 0.29) is 22.4 Å². The van der Waals surface area contributed by atoms with Gasteiger partial charge in [-0.3, -0.25) is 14.5 Å². The van der Waals surface area contributed by atoms with Gasteiger partial charge in [0.1, 0.15) is 11.2 Å². The topological polar surface area (TPSA) is 87.7 Å². The summed E-state index contributed by atoms with van der Waals surface area (Å²) < 4.78 is 21.4. The minimum atomic E-state index is -1.33. The Morgan fingerprint density at radius 3 is 2.41 bits per heavy atom. The quantitative estimate of drug-likeness (QED) is 0.110. The molecular formula is C41H44Cl2FN3O4. The van der Waals surface area contributed by atoms with Crippen LogP contribution in [0.2, 0.25) is 10.0 Å². The summed E-state index contributed by atoms with van der Waals surface area (Å²) in [6.45, 7) is 0.542. The highest BCUT2D eigenvalue weighted by Crippen LogP contribution is 2.66. The minimum Gasteiger partial charge on any atom is -0.465 e. The van der Waals surface area contributed by atoms with Crippen molar-refractivity contribution in [2.45, 2.75) is 100.0 Å². The van der Waals surface area contributed by atoms with Crippen molar-refractivity contribution in [1.29, 1.82) is 0 Å². The maximum atomic E-state index is 16.5. The Hall–Kier alpha value is -3.90. The van der Waals surface area contributed by atoms with Gasteiger partial charge in [-0.05, 0) is 85.8 Å². The number of fused-ring (bicyclic) bond motifs is 3. The van der Waals surface area contributed by atoms with Crippen LogP contribution in [-0.2, 0) is 19.7 Å². The molecule has 2 amide bonds. The predicted molar refractivity (Wildman–Crippen MR) is 200 cm³/mol. The van der Waals surface area contributed by atoms with E-state index in [0.717, 1.165) is 69.8 Å². The molecule has 3 atom stereocenters. The number of terminal acetylenes is 1. The van der Waals surface area contributed by atoms with Crippen LogP contribution in [0.15, 0.2) is 60.7 Å². The molecule has 268 valence electrons. The number of amides is 2. The molecule has 3 aromatic rings. The number of methoxy groups -OCH3 is 1. The molecule has 0 radical (unpaired) electrons. The van der Waals surface area contributed by atoms with Crippen molar-refractivity contribution in [1.82, 2.24) is 4.90 Å². The average Bonchev–Trinajstić information content (AvgIpc) is 3.55. The van der Waals surface area contributed by atoms with E-state index < -0.39 is 34.7 Å². The number of carbonyl (C=O) groups is 3. The Kier molecular flexibility index (Phi) is 11.4. The second-order valence-electron chi connectivity index (χ2n) is 13.9. The molecule has 51 heavy (non-hydrogen) atoms. The number of unbranched alkanes of at least 4 members (excludes halogenated alkanes) is 6. The van der Waals surface area contributed by atoms with Crippen LogP contribution in [0.1, 0.15) is 104 Å². The molecule has 3 aromatic carbocycles. The summed E-state index contributed by atoms with van der Waals surface area (Å²) in [6.07, 6.45) is 16.1. The van der Waals surface area contributed by atoms with E-state index >= 15 is 4.39 Å². The third kappa shape index (κ3) is 6.65. The lowest BCUT2D eigenvalue weighted by Gasteiger charge is -2.51. The molecule has 2 spiro atoms. The molecule has 2 N–H and O–H groups in total. The number of esters is 1. The SMILES string of the molecule is C#CCCCCCCCCN1[C@@H](C(=O)Nc2ccc(C(=O)OC)cc2)C(c2cccc(Cl)c2F)[C@]2(C(=O)Nc3cc(Cl)ccc32)C12CCCCC2. The lowest BCUT2D eigenvalue weighted by Crippen LogP contribution is -2.61. The normalized spacial score (nSPS) is 22.1. The van der Waals surface area contributed by atoms with Gasteiger partial charge in [0.25, 0.3) is 0 Å². The molecule has 7 nitrogen and oxygen atoms in total. The number of nitrogens with one attached hydrogen (secondary N) is 2. The van der Waals surface area contributed by atoms with Crippen molar-refractivity contribution in [3.8, 4) is 12.3 Å². The summed E-state index contributed by atoms with van der Waals surface area (Å²) in [7, 11) is 1.31. The third-order valence-corrected chi connectivity index (χ3v) is 11.8. The number of hydrogen-bond acceptors (Lipinski definition) is 5. The predicted octanol–water partition coefficient (Wildman–Crippen LogP) is 9.28. The monoisotopic (exact) mass is 731 g/mol. The van der Waals surface area contributed by atoms with Crippen LogP contribution in [0.5, 0.6) is 0 Å². The summed E-state index contributed by atoms with van der Waals surface area (Å²) in [5.74, 6) is 0.0127. The highest BCUT2D eigenvalue weighted by atomic mass is 35.5. The molecule has 1 saturated heterocycles. The average molecular weight is 733 g/mol. The Balaban J connectivity index is 1.50. The molecule has 2 fully saturated rings. The molecule has 2 heterocycles. The molecule has 2 aliphatic heterocycles. The second kappa shape index (κ2) is 15.8. The number of anilines is 2. The van der Waals surface area contributed by atoms with Crippen molar-refractivity contribution in [3.05, 3.63) is 93.2 Å². The molecule has 1 aliphatic carbocycles. The van der Waals surface area contributed by atoms with Crippen LogP contribution in [-0.4, -0.2) is 47.9 Å². The van der Waals surface area contributed by atoms with Crippen LogP contribution in [0.4, 0.5) is 15.8 Å². The van der Waals surface area contributed by atoms with E-state index in [4.69, 9.17) is 34.4 Å². The number of nitrogens with zero attached hydrogens (tertiary/aromatic N) is 1. The zero-order valence-electron chi connectivity index (χ0n) is 28.9.